The average Bonchev–Trinajstić information content (AvgIpc) is 3.98. The van der Waals surface area contributed by atoms with Gasteiger partial charge in [-0.2, -0.15) is 0 Å². The second-order valence-corrected chi connectivity index (χ2v) is 17.5. The highest BCUT2D eigenvalue weighted by atomic mass is 15.1. The lowest BCUT2D eigenvalue weighted by Crippen LogP contribution is -2.33. The summed E-state index contributed by atoms with van der Waals surface area (Å²) in [7, 11) is 0. The van der Waals surface area contributed by atoms with Gasteiger partial charge in [-0.15, -0.1) is 0 Å². The molecule has 3 aliphatic rings. The third-order valence-corrected chi connectivity index (χ3v) is 14.7. The zero-order valence-corrected chi connectivity index (χ0v) is 35.0. The van der Waals surface area contributed by atoms with Crippen LogP contribution in [0.25, 0.3) is 49.7 Å². The fourth-order valence-electron chi connectivity index (χ4n) is 12.4. The Kier molecular flexibility index (Phi) is 7.28. The summed E-state index contributed by atoms with van der Waals surface area (Å²) in [5.41, 5.74) is 21.5. The van der Waals surface area contributed by atoms with Gasteiger partial charge < -0.3 is 9.47 Å². The maximum Gasteiger partial charge on any atom is 0.0754 e. The van der Waals surface area contributed by atoms with Crippen LogP contribution in [0.2, 0.25) is 0 Å². The Labute approximate surface area is 372 Å². The SMILES string of the molecule is c1ccc(N(c2ccc3c(c2)-n2c4ccccc4c4cccc(c42)C32c3ccccc3-c3ccccc32)c2cccc3c2-c2ccccc2C3(c2ccccc2)c2ccccc2)cc1. The van der Waals surface area contributed by atoms with E-state index in [0.29, 0.717) is 0 Å². The first-order chi connectivity index (χ1) is 31.8. The maximum absolute atomic E-state index is 2.57. The van der Waals surface area contributed by atoms with E-state index in [4.69, 9.17) is 0 Å². The van der Waals surface area contributed by atoms with E-state index in [1.54, 1.807) is 0 Å². The van der Waals surface area contributed by atoms with Crippen molar-refractivity contribution < 1.29 is 0 Å². The van der Waals surface area contributed by atoms with Crippen molar-refractivity contribution in [3.05, 3.63) is 287 Å². The number of para-hydroxylation sites is 3. The van der Waals surface area contributed by atoms with Crippen LogP contribution in [0.4, 0.5) is 17.1 Å². The van der Waals surface area contributed by atoms with Gasteiger partial charge in [-0.3, -0.25) is 0 Å². The minimum atomic E-state index is -0.516. The van der Waals surface area contributed by atoms with Gasteiger partial charge in [0.1, 0.15) is 0 Å². The van der Waals surface area contributed by atoms with Crippen molar-refractivity contribution >= 4 is 38.9 Å². The fourth-order valence-corrected chi connectivity index (χ4v) is 12.4. The molecule has 1 spiro atoms. The number of anilines is 3. The molecular weight excluding hydrogens is 773 g/mol. The third-order valence-electron chi connectivity index (χ3n) is 14.7. The van der Waals surface area contributed by atoms with Crippen molar-refractivity contribution in [2.45, 2.75) is 10.8 Å². The number of hydrogen-bond acceptors (Lipinski definition) is 1. The average molecular weight is 813 g/mol. The Morgan fingerprint density at radius 3 is 1.53 bits per heavy atom. The smallest absolute Gasteiger partial charge is 0.0754 e. The molecule has 0 saturated carbocycles. The quantitative estimate of drug-likeness (QED) is 0.168. The summed E-state index contributed by atoms with van der Waals surface area (Å²) in [6, 6.07) is 90.7. The van der Waals surface area contributed by atoms with Crippen LogP contribution in [-0.2, 0) is 10.8 Å². The van der Waals surface area contributed by atoms with Gasteiger partial charge in [0.05, 0.1) is 33.2 Å². The molecule has 2 aliphatic carbocycles. The summed E-state index contributed by atoms with van der Waals surface area (Å²) in [6.45, 7) is 0. The highest BCUT2D eigenvalue weighted by Gasteiger charge is 2.51. The van der Waals surface area contributed by atoms with Crippen molar-refractivity contribution in [1.82, 2.24) is 4.57 Å². The molecule has 0 atom stereocenters. The van der Waals surface area contributed by atoms with E-state index in [1.807, 2.05) is 0 Å². The van der Waals surface area contributed by atoms with E-state index in [9.17, 15) is 0 Å². The van der Waals surface area contributed by atoms with Crippen LogP contribution in [0, 0.1) is 0 Å². The standard InChI is InChI=1S/C62H40N2/c1-4-20-41(21-5-1)61(42-22-6-2-7-23-42)52-33-16-12-29-49(52)59-54(61)34-19-37-57(59)63(43-24-8-3-9-25-43)44-38-39-53-58(40-44)64-56-36-17-13-28-47(56)48-30-18-35-55(60(48)64)62(53)50-31-14-10-26-45(50)46-27-11-15-32-51(46)62/h1-40H. The van der Waals surface area contributed by atoms with E-state index < -0.39 is 10.8 Å². The summed E-state index contributed by atoms with van der Waals surface area (Å²) in [5, 5.41) is 2.55. The van der Waals surface area contributed by atoms with E-state index >= 15 is 0 Å². The Morgan fingerprint density at radius 1 is 0.328 bits per heavy atom. The van der Waals surface area contributed by atoms with Crippen LogP contribution in [0.1, 0.15) is 44.5 Å². The molecule has 1 aliphatic heterocycles. The molecule has 10 aromatic carbocycles. The van der Waals surface area contributed by atoms with Gasteiger partial charge >= 0.3 is 0 Å². The summed E-state index contributed by atoms with van der Waals surface area (Å²) in [5.74, 6) is 0. The highest BCUT2D eigenvalue weighted by Crippen LogP contribution is 2.63. The lowest BCUT2D eigenvalue weighted by atomic mass is 9.65. The monoisotopic (exact) mass is 812 g/mol. The Hall–Kier alpha value is -8.20. The predicted octanol–water partition coefficient (Wildman–Crippen LogP) is 15.3. The van der Waals surface area contributed by atoms with E-state index in [-0.39, 0.29) is 0 Å². The van der Waals surface area contributed by atoms with E-state index in [2.05, 4.69) is 252 Å². The minimum absolute atomic E-state index is 0.513. The molecule has 0 unspecified atom stereocenters. The second-order valence-electron chi connectivity index (χ2n) is 17.5. The molecule has 2 nitrogen and oxygen atoms in total. The molecule has 11 aromatic rings. The number of aromatic nitrogens is 1. The molecule has 64 heavy (non-hydrogen) atoms. The zero-order valence-electron chi connectivity index (χ0n) is 35.0. The number of hydrogen-bond donors (Lipinski definition) is 0. The van der Waals surface area contributed by atoms with Gasteiger partial charge in [0.25, 0.3) is 0 Å². The molecule has 14 rings (SSSR count). The number of nitrogens with zero attached hydrogens (tertiary/aromatic N) is 2. The van der Waals surface area contributed by atoms with Crippen LogP contribution in [-0.4, -0.2) is 4.57 Å². The van der Waals surface area contributed by atoms with Gasteiger partial charge in [-0.25, -0.2) is 0 Å². The zero-order chi connectivity index (χ0) is 42.0. The molecule has 0 radical (unpaired) electrons. The lowest BCUT2D eigenvalue weighted by molar-refractivity contribution is 0.748. The Bertz CT molecular complexity index is 3590. The Balaban J connectivity index is 1.10. The van der Waals surface area contributed by atoms with Gasteiger partial charge in [0.2, 0.25) is 0 Å². The summed E-state index contributed by atoms with van der Waals surface area (Å²) < 4.78 is 2.57. The van der Waals surface area contributed by atoms with Crippen molar-refractivity contribution in [1.29, 1.82) is 0 Å². The topological polar surface area (TPSA) is 8.17 Å². The summed E-state index contributed by atoms with van der Waals surface area (Å²) >= 11 is 0. The number of benzene rings is 10. The van der Waals surface area contributed by atoms with Crippen LogP contribution in [0.3, 0.4) is 0 Å². The number of rotatable bonds is 5. The van der Waals surface area contributed by atoms with Gasteiger partial charge in [0, 0.05) is 27.7 Å². The molecule has 298 valence electrons. The first kappa shape index (κ1) is 35.4. The van der Waals surface area contributed by atoms with E-state index in [1.165, 1.54) is 94.3 Å². The first-order valence-electron chi connectivity index (χ1n) is 22.4. The molecule has 1 aromatic heterocycles. The molecule has 0 N–H and O–H groups in total. The molecule has 0 bridgehead atoms. The minimum Gasteiger partial charge on any atom is -0.310 e. The first-order valence-corrected chi connectivity index (χ1v) is 22.4. The summed E-state index contributed by atoms with van der Waals surface area (Å²) in [6.07, 6.45) is 0. The normalized spacial score (nSPS) is 14.2. The Morgan fingerprint density at radius 2 is 0.844 bits per heavy atom. The molecule has 0 amide bonds. The van der Waals surface area contributed by atoms with Crippen molar-refractivity contribution in [3.8, 4) is 27.9 Å². The van der Waals surface area contributed by atoms with Crippen LogP contribution >= 0.6 is 0 Å². The van der Waals surface area contributed by atoms with Gasteiger partial charge in [-0.05, 0) is 97.6 Å². The predicted molar refractivity (Wildman–Crippen MR) is 264 cm³/mol. The van der Waals surface area contributed by atoms with Gasteiger partial charge in [-0.1, -0.05) is 206 Å². The lowest BCUT2D eigenvalue weighted by Gasteiger charge is -2.40. The third kappa shape index (κ3) is 4.39. The van der Waals surface area contributed by atoms with Crippen LogP contribution < -0.4 is 4.90 Å². The van der Waals surface area contributed by atoms with Crippen molar-refractivity contribution in [2.24, 2.45) is 0 Å². The summed E-state index contributed by atoms with van der Waals surface area (Å²) in [4.78, 5) is 2.51. The largest absolute Gasteiger partial charge is 0.310 e. The van der Waals surface area contributed by atoms with Crippen LogP contribution in [0.15, 0.2) is 243 Å². The molecule has 0 saturated heterocycles. The van der Waals surface area contributed by atoms with E-state index in [0.717, 1.165) is 17.1 Å². The maximum atomic E-state index is 2.57. The second kappa shape index (κ2) is 13.2. The molecule has 0 fully saturated rings. The molecule has 2 heterocycles. The highest BCUT2D eigenvalue weighted by molar-refractivity contribution is 6.13. The van der Waals surface area contributed by atoms with Crippen molar-refractivity contribution in [3.63, 3.8) is 0 Å². The van der Waals surface area contributed by atoms with Gasteiger partial charge in [0.15, 0.2) is 0 Å². The fraction of sp³-hybridized carbons (Fsp3) is 0.0323. The van der Waals surface area contributed by atoms with Crippen LogP contribution in [0.5, 0.6) is 0 Å². The number of fused-ring (bicyclic) bond motifs is 15. The molecule has 2 heteroatoms. The molecular formula is C62H40N2. The van der Waals surface area contributed by atoms with Crippen molar-refractivity contribution in [2.75, 3.05) is 4.90 Å².